The van der Waals surface area contributed by atoms with E-state index in [9.17, 15) is 57.8 Å². The highest BCUT2D eigenvalue weighted by molar-refractivity contribution is 6.12. The number of aromatic nitrogens is 2. The topological polar surface area (TPSA) is 362 Å². The fourth-order valence-corrected chi connectivity index (χ4v) is 11.4. The fraction of sp³-hybridized carbons (Fsp3) is 0.492. The molecule has 0 saturated heterocycles. The second-order valence-corrected chi connectivity index (χ2v) is 22.4. The van der Waals surface area contributed by atoms with Crippen molar-refractivity contribution in [1.29, 1.82) is 0 Å². The highest BCUT2D eigenvalue weighted by atomic mass is 19.1. The Bertz CT molecular complexity index is 3490. The molecule has 0 fully saturated rings. The van der Waals surface area contributed by atoms with E-state index in [4.69, 9.17) is 29.0 Å². The van der Waals surface area contributed by atoms with Gasteiger partial charge in [0.15, 0.2) is 5.60 Å². The van der Waals surface area contributed by atoms with E-state index in [-0.39, 0.29) is 127 Å². The van der Waals surface area contributed by atoms with E-state index in [2.05, 4.69) is 31.9 Å². The van der Waals surface area contributed by atoms with Crippen molar-refractivity contribution in [1.82, 2.24) is 51.3 Å². The molecule has 4 aromatic rings. The molecule has 0 saturated carbocycles. The molecule has 3 atom stereocenters. The summed E-state index contributed by atoms with van der Waals surface area (Å²) < 4.78 is 38.3. The number of aryl methyl sites for hydroxylation is 1. The highest BCUT2D eigenvalue weighted by Crippen LogP contribution is 2.46. The third-order valence-corrected chi connectivity index (χ3v) is 16.2. The van der Waals surface area contributed by atoms with Gasteiger partial charge in [-0.2, -0.15) is 0 Å². The van der Waals surface area contributed by atoms with Crippen LogP contribution < -0.4 is 37.5 Å². The molecule has 2 aromatic carbocycles. The SMILES string of the molecule is CC[C@@]1(O)C(=O)OCc2c1cc1n(c2=O)Cc2c-1nc1cc(F)c(C)c3c1c2[C@@H](NC(=O)CCCNC(=O)CNC(=O)C(Cc1ccccc1)NC(=O)CNC(=O)CNC(=O)CN(CCOCCOCCOCCO)C(=O)CCCCCN1C(=O)C=CC1=O)CC3. The maximum absolute atomic E-state index is 15.4. The van der Waals surface area contributed by atoms with Crippen LogP contribution in [0.25, 0.3) is 22.3 Å². The number of aliphatic hydroxyl groups is 2. The number of pyridine rings is 2. The predicted molar refractivity (Wildman–Crippen MR) is 322 cm³/mol. The number of nitrogens with one attached hydrogen (secondary N) is 6. The van der Waals surface area contributed by atoms with Crippen molar-refractivity contribution in [2.45, 2.75) is 109 Å². The minimum absolute atomic E-state index is 0.0121. The molecule has 28 heteroatoms. The van der Waals surface area contributed by atoms with Crippen LogP contribution >= 0.6 is 0 Å². The van der Waals surface area contributed by atoms with Gasteiger partial charge >= 0.3 is 5.97 Å². The summed E-state index contributed by atoms with van der Waals surface area (Å²) in [4.78, 5) is 151. The minimum atomic E-state index is -2.05. The number of hydrogen-bond donors (Lipinski definition) is 8. The number of halogens is 1. The number of ether oxygens (including phenoxy) is 4. The molecule has 1 unspecified atom stereocenters. The number of aliphatic hydroxyl groups excluding tert-OH is 1. The summed E-state index contributed by atoms with van der Waals surface area (Å²) in [7, 11) is 0. The Morgan fingerprint density at radius 1 is 0.791 bits per heavy atom. The third kappa shape index (κ3) is 17.4. The molecule has 0 radical (unpaired) electrons. The second-order valence-electron chi connectivity index (χ2n) is 22.4. The van der Waals surface area contributed by atoms with Gasteiger partial charge in [-0.3, -0.25) is 52.8 Å². The van der Waals surface area contributed by atoms with Crippen LogP contribution in [0.3, 0.4) is 0 Å². The van der Waals surface area contributed by atoms with Crippen molar-refractivity contribution in [2.75, 3.05) is 92.1 Å². The lowest BCUT2D eigenvalue weighted by Gasteiger charge is -2.31. The Morgan fingerprint density at radius 2 is 1.47 bits per heavy atom. The standard InChI is InChI=1S/C63H77FN10O17/c1-3-63(87)43-30-48-59-41(35-74(48)61(85)42(43)37-91-62(63)86)58-45(16-15-40-38(2)44(64)31-46(71-59)57(40)58)69-49(76)13-10-19-65-50(77)33-68-60(84)47(29-39-11-6-4-7-12-39)70-52(79)34-66-51(78)32-67-53(80)36-72(21-23-88-25-27-90-28-26-89-24-22-75)54(81)14-8-5-9-20-73-55(82)17-18-56(73)83/h4,6-7,11-12,17-18,30-31,45,47,75,87H,3,5,8-10,13-16,19-29,32-37H2,1-2H3,(H,65,77)(H,66,78)(H,67,80)(H,68,84)(H,69,76)(H,70,79)/t45-,47?,63-/m0/s1. The van der Waals surface area contributed by atoms with Gasteiger partial charge in [-0.15, -0.1) is 0 Å². The third-order valence-electron chi connectivity index (χ3n) is 16.2. The first kappa shape index (κ1) is 68.1. The van der Waals surface area contributed by atoms with E-state index in [1.807, 2.05) is 0 Å². The Labute approximate surface area is 523 Å². The molecule has 5 heterocycles. The van der Waals surface area contributed by atoms with E-state index >= 15 is 4.39 Å². The van der Waals surface area contributed by atoms with Crippen molar-refractivity contribution in [2.24, 2.45) is 0 Å². The number of benzene rings is 2. The summed E-state index contributed by atoms with van der Waals surface area (Å²) in [5.74, 6) is -6.33. The molecule has 8 rings (SSSR count). The van der Waals surface area contributed by atoms with Gasteiger partial charge in [-0.1, -0.05) is 43.7 Å². The molecule has 0 spiro atoms. The largest absolute Gasteiger partial charge is 0.458 e. The van der Waals surface area contributed by atoms with Crippen LogP contribution in [-0.4, -0.2) is 187 Å². The molecule has 488 valence electrons. The zero-order valence-electron chi connectivity index (χ0n) is 50.9. The smallest absolute Gasteiger partial charge is 0.343 e. The van der Waals surface area contributed by atoms with Crippen LogP contribution in [0.2, 0.25) is 0 Å². The maximum Gasteiger partial charge on any atom is 0.343 e. The molecule has 27 nitrogen and oxygen atoms in total. The van der Waals surface area contributed by atoms with Gasteiger partial charge in [0.1, 0.15) is 18.5 Å². The number of imide groups is 1. The molecule has 1 aliphatic carbocycles. The first-order valence-electron chi connectivity index (χ1n) is 30.5. The molecular formula is C63H77FN10O17. The minimum Gasteiger partial charge on any atom is -0.458 e. The maximum atomic E-state index is 15.4. The van der Waals surface area contributed by atoms with Gasteiger partial charge in [0.2, 0.25) is 41.4 Å². The van der Waals surface area contributed by atoms with Gasteiger partial charge in [0.05, 0.1) is 107 Å². The number of rotatable bonds is 35. The number of hydrogen-bond acceptors (Lipinski definition) is 18. The van der Waals surface area contributed by atoms with E-state index in [1.54, 1.807) is 50.2 Å². The van der Waals surface area contributed by atoms with Crippen LogP contribution in [-0.2, 0) is 98.5 Å². The molecule has 91 heavy (non-hydrogen) atoms. The first-order valence-corrected chi connectivity index (χ1v) is 30.5. The van der Waals surface area contributed by atoms with Gasteiger partial charge in [0, 0.05) is 73.6 Å². The summed E-state index contributed by atoms with van der Waals surface area (Å²) in [5, 5.41) is 36.7. The number of nitrogens with zero attached hydrogens (tertiary/aromatic N) is 4. The number of fused-ring (bicyclic) bond motifs is 5. The normalized spacial score (nSPS) is 16.3. The summed E-state index contributed by atoms with van der Waals surface area (Å²) in [6, 6.07) is 9.86. The van der Waals surface area contributed by atoms with Crippen LogP contribution in [0.4, 0.5) is 4.39 Å². The van der Waals surface area contributed by atoms with E-state index < -0.39 is 103 Å². The van der Waals surface area contributed by atoms with Crippen LogP contribution in [0.1, 0.15) is 103 Å². The van der Waals surface area contributed by atoms with E-state index in [0.717, 1.165) is 10.5 Å². The Morgan fingerprint density at radius 3 is 2.20 bits per heavy atom. The quantitative estimate of drug-likeness (QED) is 0.0150. The molecule has 0 bridgehead atoms. The Kier molecular flexibility index (Phi) is 24.1. The van der Waals surface area contributed by atoms with E-state index in [1.165, 1.54) is 27.7 Å². The summed E-state index contributed by atoms with van der Waals surface area (Å²) in [5.41, 5.74) is 1.98. The van der Waals surface area contributed by atoms with Gasteiger partial charge < -0.3 is 70.5 Å². The molecule has 3 aliphatic heterocycles. The monoisotopic (exact) mass is 1260 g/mol. The lowest BCUT2D eigenvalue weighted by atomic mass is 9.81. The molecular weight excluding hydrogens is 1190 g/mol. The number of unbranched alkanes of at least 4 members (excludes halogenated alkanes) is 2. The summed E-state index contributed by atoms with van der Waals surface area (Å²) in [6.07, 6.45) is 4.81. The Hall–Kier alpha value is -8.83. The zero-order chi connectivity index (χ0) is 65.2. The van der Waals surface area contributed by atoms with Crippen LogP contribution in [0.5, 0.6) is 0 Å². The van der Waals surface area contributed by atoms with Crippen LogP contribution in [0, 0.1) is 12.7 Å². The van der Waals surface area contributed by atoms with Crippen molar-refractivity contribution >= 4 is 70.0 Å². The van der Waals surface area contributed by atoms with Gasteiger partial charge in [-0.25, -0.2) is 14.2 Å². The molecule has 8 N–H and O–H groups in total. The second kappa shape index (κ2) is 32.3. The van der Waals surface area contributed by atoms with Crippen molar-refractivity contribution in [3.8, 4) is 11.4 Å². The fourth-order valence-electron chi connectivity index (χ4n) is 11.4. The zero-order valence-corrected chi connectivity index (χ0v) is 50.9. The van der Waals surface area contributed by atoms with E-state index in [0.29, 0.717) is 83.3 Å². The van der Waals surface area contributed by atoms with Crippen LogP contribution in [0.15, 0.2) is 59.4 Å². The molecule has 4 aliphatic rings. The van der Waals surface area contributed by atoms with Crippen molar-refractivity contribution < 1.29 is 81.5 Å². The van der Waals surface area contributed by atoms with Gasteiger partial charge in [-0.05, 0) is 73.8 Å². The Balaban J connectivity index is 0.782. The number of carbonyl (C=O) groups excluding carboxylic acids is 10. The lowest BCUT2D eigenvalue weighted by Crippen LogP contribution is -2.52. The number of cyclic esters (lactones) is 1. The number of amides is 9. The average molecular weight is 1270 g/mol. The predicted octanol–water partition coefficient (Wildman–Crippen LogP) is -0.0408. The highest BCUT2D eigenvalue weighted by Gasteiger charge is 2.46. The van der Waals surface area contributed by atoms with Crippen molar-refractivity contribution in [3.05, 3.63) is 110 Å². The molecule has 2 aromatic heterocycles. The first-order chi connectivity index (χ1) is 43.8. The number of esters is 1. The number of carbonyl (C=O) groups is 10. The molecule has 9 amide bonds. The van der Waals surface area contributed by atoms with Gasteiger partial charge in [0.25, 0.3) is 17.4 Å². The van der Waals surface area contributed by atoms with Crippen molar-refractivity contribution in [3.63, 3.8) is 0 Å². The summed E-state index contributed by atoms with van der Waals surface area (Å²) >= 11 is 0. The lowest BCUT2D eigenvalue weighted by molar-refractivity contribution is -0.172. The summed E-state index contributed by atoms with van der Waals surface area (Å²) in [6.45, 7) is 2.37. The average Bonchev–Trinajstić information content (AvgIpc) is 1.62.